The van der Waals surface area contributed by atoms with E-state index in [9.17, 15) is 22.0 Å². The number of anilines is 1. The summed E-state index contributed by atoms with van der Waals surface area (Å²) < 4.78 is 60.0. The van der Waals surface area contributed by atoms with Crippen LogP contribution < -0.4 is 15.0 Å². The van der Waals surface area contributed by atoms with Gasteiger partial charge in [-0.1, -0.05) is 32.9 Å². The van der Waals surface area contributed by atoms with Crippen molar-refractivity contribution in [2.24, 2.45) is 0 Å². The second-order valence-electron chi connectivity index (χ2n) is 11.6. The molecule has 2 N–H and O–H groups in total. The monoisotopic (exact) mass is 573 g/mol. The second-order valence-corrected chi connectivity index (χ2v) is 13.4. The van der Waals surface area contributed by atoms with Crippen LogP contribution in [0, 0.1) is 0 Å². The number of nitrogens with one attached hydrogen (secondary N) is 2. The molecular weight excluding hydrogens is 536 g/mol. The Hall–Kier alpha value is -3.24. The molecule has 1 fully saturated rings. The number of hydrogen-bond donors (Lipinski definition) is 2. The highest BCUT2D eigenvalue weighted by atomic mass is 32.2. The highest BCUT2D eigenvalue weighted by Crippen LogP contribution is 2.40. The van der Waals surface area contributed by atoms with Gasteiger partial charge in [-0.3, -0.25) is 14.4 Å². The molecule has 0 spiro atoms. The van der Waals surface area contributed by atoms with E-state index >= 15 is 0 Å². The molecule has 0 saturated carbocycles. The fourth-order valence-corrected chi connectivity index (χ4v) is 5.87. The molecule has 1 aromatic heterocycles. The molecule has 1 unspecified atom stereocenters. The summed E-state index contributed by atoms with van der Waals surface area (Å²) in [5.41, 5.74) is 3.89. The van der Waals surface area contributed by atoms with Crippen LogP contribution in [0.1, 0.15) is 49.8 Å². The van der Waals surface area contributed by atoms with Gasteiger partial charge >= 0.3 is 0 Å². The number of methoxy groups -OCH3 is 1. The van der Waals surface area contributed by atoms with Gasteiger partial charge in [0.05, 0.1) is 19.9 Å². The van der Waals surface area contributed by atoms with Gasteiger partial charge in [0.2, 0.25) is 10.0 Å². The predicted octanol–water partition coefficient (Wildman–Crippen LogP) is 5.39. The summed E-state index contributed by atoms with van der Waals surface area (Å²) in [7, 11) is -1.82. The van der Waals surface area contributed by atoms with E-state index in [1.807, 2.05) is 24.3 Å². The average molecular weight is 574 g/mol. The van der Waals surface area contributed by atoms with Gasteiger partial charge in [-0.15, -0.1) is 0 Å². The molecule has 216 valence electrons. The van der Waals surface area contributed by atoms with E-state index in [1.165, 1.54) is 0 Å². The van der Waals surface area contributed by atoms with Crippen molar-refractivity contribution in [3.63, 3.8) is 0 Å². The van der Waals surface area contributed by atoms with Crippen molar-refractivity contribution in [2.75, 3.05) is 37.7 Å². The summed E-state index contributed by atoms with van der Waals surface area (Å²) in [5, 5.41) is 0. The molecule has 0 amide bonds. The fraction of sp³-hybridized carbons (Fsp3) is 0.433. The van der Waals surface area contributed by atoms with Crippen LogP contribution in [0.5, 0.6) is 5.75 Å². The highest BCUT2D eigenvalue weighted by Gasteiger charge is 2.39. The normalized spacial score (nSPS) is 16.6. The summed E-state index contributed by atoms with van der Waals surface area (Å²) in [6, 6.07) is 14.5. The number of hydrogen-bond acceptors (Lipinski definition) is 5. The number of sulfonamides is 1. The zero-order valence-electron chi connectivity index (χ0n) is 23.6. The first-order valence-electron chi connectivity index (χ1n) is 13.2. The summed E-state index contributed by atoms with van der Waals surface area (Å²) in [6.45, 7) is 6.60. The number of rotatable bonds is 9. The third-order valence-electron chi connectivity index (χ3n) is 7.19. The van der Waals surface area contributed by atoms with Gasteiger partial charge in [-0.2, -0.15) is 0 Å². The molecule has 2 heterocycles. The lowest BCUT2D eigenvalue weighted by atomic mass is 9.81. The van der Waals surface area contributed by atoms with Crippen molar-refractivity contribution in [2.45, 2.75) is 50.9 Å². The predicted molar refractivity (Wildman–Crippen MR) is 155 cm³/mol. The number of likely N-dealkylation sites (tertiary alicyclic amines) is 1. The Morgan fingerprint density at radius 3 is 2.40 bits per heavy atom. The van der Waals surface area contributed by atoms with Gasteiger partial charge in [-0.05, 0) is 64.9 Å². The Morgan fingerprint density at radius 1 is 1.15 bits per heavy atom. The summed E-state index contributed by atoms with van der Waals surface area (Å²) >= 11 is 0. The zero-order valence-corrected chi connectivity index (χ0v) is 24.4. The fourth-order valence-electron chi connectivity index (χ4n) is 5.31. The number of alkyl halides is 2. The lowest BCUT2D eigenvalue weighted by Crippen LogP contribution is -2.30. The number of aromatic amines is 1. The van der Waals surface area contributed by atoms with E-state index < -0.39 is 15.9 Å². The van der Waals surface area contributed by atoms with E-state index in [-0.39, 0.29) is 29.9 Å². The maximum Gasteiger partial charge on any atom is 0.261 e. The molecule has 4 rings (SSSR count). The Kier molecular flexibility index (Phi) is 8.42. The SMILES string of the molecule is COc1c(CC(CN2CCC(F)(F)C2)c2ccc(NS(C)(=O)=O)cc2)cc(-c2ccc[nH]c2=O)cc1C(C)(C)C. The minimum absolute atomic E-state index is 0.180. The van der Waals surface area contributed by atoms with Gasteiger partial charge in [0, 0.05) is 48.4 Å². The van der Waals surface area contributed by atoms with Crippen LogP contribution in [0.15, 0.2) is 59.5 Å². The number of pyridine rings is 1. The molecule has 1 atom stereocenters. The minimum atomic E-state index is -3.44. The largest absolute Gasteiger partial charge is 0.496 e. The topological polar surface area (TPSA) is 91.5 Å². The smallest absolute Gasteiger partial charge is 0.261 e. The van der Waals surface area contributed by atoms with Crippen molar-refractivity contribution in [3.05, 3.63) is 81.8 Å². The zero-order chi connectivity index (χ0) is 29.3. The Labute approximate surface area is 234 Å². The molecule has 2 aromatic carbocycles. The van der Waals surface area contributed by atoms with Crippen molar-refractivity contribution in [1.29, 1.82) is 0 Å². The average Bonchev–Trinajstić information content (AvgIpc) is 3.20. The van der Waals surface area contributed by atoms with Crippen LogP contribution in [0.25, 0.3) is 11.1 Å². The molecule has 0 bridgehead atoms. The van der Waals surface area contributed by atoms with E-state index in [0.717, 1.165) is 28.5 Å². The Bertz CT molecular complexity index is 1510. The molecule has 0 aliphatic carbocycles. The molecule has 40 heavy (non-hydrogen) atoms. The minimum Gasteiger partial charge on any atom is -0.496 e. The Morgan fingerprint density at radius 2 is 1.85 bits per heavy atom. The van der Waals surface area contributed by atoms with Gasteiger partial charge in [0.25, 0.3) is 11.5 Å². The van der Waals surface area contributed by atoms with Crippen LogP contribution in [0.3, 0.4) is 0 Å². The van der Waals surface area contributed by atoms with Gasteiger partial charge in [0.1, 0.15) is 5.75 Å². The molecule has 0 radical (unpaired) electrons. The second kappa shape index (κ2) is 11.3. The number of nitrogens with zero attached hydrogens (tertiary/aromatic N) is 1. The molecule has 1 aliphatic heterocycles. The summed E-state index contributed by atoms with van der Waals surface area (Å²) in [6.07, 6.45) is 2.96. The third-order valence-corrected chi connectivity index (χ3v) is 7.79. The third kappa shape index (κ3) is 7.28. The van der Waals surface area contributed by atoms with Crippen LogP contribution >= 0.6 is 0 Å². The highest BCUT2D eigenvalue weighted by molar-refractivity contribution is 7.92. The van der Waals surface area contributed by atoms with Crippen LogP contribution in [-0.2, 0) is 21.9 Å². The number of aromatic nitrogens is 1. The van der Waals surface area contributed by atoms with E-state index in [0.29, 0.717) is 36.5 Å². The number of halogens is 2. The van der Waals surface area contributed by atoms with E-state index in [4.69, 9.17) is 4.74 Å². The van der Waals surface area contributed by atoms with Crippen molar-refractivity contribution in [3.8, 4) is 16.9 Å². The van der Waals surface area contributed by atoms with Gasteiger partial charge < -0.3 is 9.72 Å². The number of H-pyrrole nitrogens is 1. The van der Waals surface area contributed by atoms with Crippen molar-refractivity contribution < 1.29 is 21.9 Å². The van der Waals surface area contributed by atoms with Gasteiger partial charge in [0.15, 0.2) is 0 Å². The lowest BCUT2D eigenvalue weighted by molar-refractivity contribution is 0.0117. The Balaban J connectivity index is 1.80. The summed E-state index contributed by atoms with van der Waals surface area (Å²) in [5.74, 6) is -2.22. The lowest BCUT2D eigenvalue weighted by Gasteiger charge is -2.28. The first-order valence-corrected chi connectivity index (χ1v) is 15.1. The van der Waals surface area contributed by atoms with Crippen molar-refractivity contribution >= 4 is 15.7 Å². The molecular formula is C30H37F2N3O4S. The molecule has 1 aliphatic rings. The molecule has 3 aromatic rings. The first kappa shape index (κ1) is 29.7. The number of benzene rings is 2. The maximum absolute atomic E-state index is 14.1. The summed E-state index contributed by atoms with van der Waals surface area (Å²) in [4.78, 5) is 17.2. The van der Waals surface area contributed by atoms with Crippen LogP contribution in [-0.4, -0.2) is 57.2 Å². The van der Waals surface area contributed by atoms with Crippen molar-refractivity contribution in [1.82, 2.24) is 9.88 Å². The molecule has 1 saturated heterocycles. The van der Waals surface area contributed by atoms with Crippen LogP contribution in [0.4, 0.5) is 14.5 Å². The van der Waals surface area contributed by atoms with Gasteiger partial charge in [-0.25, -0.2) is 17.2 Å². The molecule has 7 nitrogen and oxygen atoms in total. The maximum atomic E-state index is 14.1. The van der Waals surface area contributed by atoms with E-state index in [2.05, 4.69) is 30.5 Å². The standard InChI is InChI=1S/C30H37F2N3O4S/c1-29(2,3)26-17-21(25-7-6-13-33-28(25)36)15-22(27(26)39-4)16-23(18-35-14-12-30(31,32)19-35)20-8-10-24(11-9-20)34-40(5,37)38/h6-11,13,15,17,23,34H,12,14,16,18-19H2,1-5H3,(H,33,36). The van der Waals surface area contributed by atoms with Crippen LogP contribution in [0.2, 0.25) is 0 Å². The number of ether oxygens (including phenoxy) is 1. The quantitative estimate of drug-likeness (QED) is 0.358. The molecule has 10 heteroatoms. The first-order chi connectivity index (χ1) is 18.6. The van der Waals surface area contributed by atoms with E-state index in [1.54, 1.807) is 42.5 Å².